The summed E-state index contributed by atoms with van der Waals surface area (Å²) in [5.74, 6) is -0.318. The lowest BCUT2D eigenvalue weighted by atomic mass is 10.0. The standard InChI is InChI=1S/C43H74NO6P/c1-3-5-7-9-11-13-15-17-19-20-21-22-23-24-26-28-30-32-34-36-43(45)50-42(41-49-51(46)44-37-39-48-51)40-47-38-35-33-31-29-27-25-18-16-14-12-10-8-6-4-2/h5,7,11,13,17,19,21-22,24,26,30,32,42H,3-4,6,8-10,12,14-16,18,20,23,25,27-29,31,33-41H2,1-2H3,(H,44,46)/b7-5-,13-11-,19-17-,22-21-,26-24-,32-30-. The zero-order valence-corrected chi connectivity index (χ0v) is 33.4. The average Bonchev–Trinajstić information content (AvgIpc) is 3.57. The van der Waals surface area contributed by atoms with Crippen LogP contribution in [-0.4, -0.2) is 45.0 Å². The number of hydrogen-bond acceptors (Lipinski definition) is 6. The molecular weight excluding hydrogens is 657 g/mol. The third-order valence-corrected chi connectivity index (χ3v) is 10.1. The van der Waals surface area contributed by atoms with Crippen molar-refractivity contribution in [3.63, 3.8) is 0 Å². The molecule has 0 amide bonds. The van der Waals surface area contributed by atoms with Gasteiger partial charge in [-0.25, -0.2) is 9.65 Å². The van der Waals surface area contributed by atoms with Gasteiger partial charge in [-0.05, 0) is 51.4 Å². The molecule has 1 fully saturated rings. The summed E-state index contributed by atoms with van der Waals surface area (Å²) in [6, 6.07) is 0. The first-order valence-corrected chi connectivity index (χ1v) is 21.9. The van der Waals surface area contributed by atoms with Crippen molar-refractivity contribution in [3.05, 3.63) is 72.9 Å². The van der Waals surface area contributed by atoms with Crippen LogP contribution < -0.4 is 5.09 Å². The minimum atomic E-state index is -3.33. The number of carbonyl (C=O) groups excluding carboxylic acids is 1. The Bertz CT molecular complexity index is 1020. The molecule has 0 aliphatic carbocycles. The molecule has 1 aliphatic heterocycles. The van der Waals surface area contributed by atoms with Gasteiger partial charge in [-0.2, -0.15) is 0 Å². The second-order valence-corrected chi connectivity index (χ2v) is 15.1. The lowest BCUT2D eigenvalue weighted by Crippen LogP contribution is -2.29. The molecule has 2 unspecified atom stereocenters. The summed E-state index contributed by atoms with van der Waals surface area (Å²) in [4.78, 5) is 12.6. The molecule has 1 heterocycles. The van der Waals surface area contributed by atoms with Gasteiger partial charge in [0.2, 0.25) is 0 Å². The summed E-state index contributed by atoms with van der Waals surface area (Å²) in [5.41, 5.74) is 0. The van der Waals surface area contributed by atoms with Crippen LogP contribution in [0.2, 0.25) is 0 Å². The first kappa shape index (κ1) is 47.0. The Hall–Kier alpha value is -2.02. The Morgan fingerprint density at radius 1 is 0.647 bits per heavy atom. The summed E-state index contributed by atoms with van der Waals surface area (Å²) in [6.07, 6.45) is 50.3. The number of hydrogen-bond donors (Lipinski definition) is 1. The number of nitrogens with one attached hydrogen (secondary N) is 1. The molecule has 0 aromatic carbocycles. The molecule has 8 heteroatoms. The largest absolute Gasteiger partial charge is 0.457 e. The number of unbranched alkanes of at least 4 members (excludes halogenated alkanes) is 13. The van der Waals surface area contributed by atoms with E-state index >= 15 is 0 Å². The van der Waals surface area contributed by atoms with Crippen LogP contribution in [0, 0.1) is 0 Å². The van der Waals surface area contributed by atoms with Gasteiger partial charge < -0.3 is 9.47 Å². The van der Waals surface area contributed by atoms with E-state index in [0.29, 0.717) is 26.2 Å². The van der Waals surface area contributed by atoms with Gasteiger partial charge in [-0.15, -0.1) is 0 Å². The van der Waals surface area contributed by atoms with Gasteiger partial charge in [-0.1, -0.05) is 170 Å². The monoisotopic (exact) mass is 732 g/mol. The van der Waals surface area contributed by atoms with E-state index in [1.54, 1.807) is 0 Å². The summed E-state index contributed by atoms with van der Waals surface area (Å²) in [5, 5.41) is 2.76. The molecule has 1 rings (SSSR count). The average molecular weight is 732 g/mol. The molecule has 0 spiro atoms. The van der Waals surface area contributed by atoms with Gasteiger partial charge >= 0.3 is 13.7 Å². The van der Waals surface area contributed by atoms with Crippen molar-refractivity contribution in [1.29, 1.82) is 0 Å². The van der Waals surface area contributed by atoms with E-state index in [4.69, 9.17) is 18.5 Å². The maximum atomic E-state index is 12.6. The van der Waals surface area contributed by atoms with Crippen molar-refractivity contribution in [2.45, 2.75) is 161 Å². The molecule has 0 aromatic heterocycles. The third kappa shape index (κ3) is 32.4. The van der Waals surface area contributed by atoms with Crippen LogP contribution in [-0.2, 0) is 27.9 Å². The van der Waals surface area contributed by atoms with E-state index in [1.807, 2.05) is 6.08 Å². The van der Waals surface area contributed by atoms with Gasteiger partial charge in [0.15, 0.2) is 0 Å². The van der Waals surface area contributed by atoms with Crippen molar-refractivity contribution in [2.24, 2.45) is 0 Å². The molecule has 0 saturated carbocycles. The molecule has 0 radical (unpaired) electrons. The van der Waals surface area contributed by atoms with E-state index in [0.717, 1.165) is 51.4 Å². The minimum absolute atomic E-state index is 0.0331. The SMILES string of the molecule is CC/C=C\C/C=C\C/C=C\C/C=C\C/C=C\C/C=C\CCC(=O)OC(COCCCCCCCCCCCCCCCC)COP1(=O)NCCO1. The molecule has 0 aromatic rings. The Balaban J connectivity index is 2.16. The maximum absolute atomic E-state index is 12.6. The van der Waals surface area contributed by atoms with Crippen LogP contribution in [0.3, 0.4) is 0 Å². The fourth-order valence-corrected chi connectivity index (χ4v) is 6.79. The van der Waals surface area contributed by atoms with Crippen LogP contribution in [0.25, 0.3) is 0 Å². The normalized spacial score (nSPS) is 17.5. The molecule has 7 nitrogen and oxygen atoms in total. The molecule has 0 bridgehead atoms. The number of ether oxygens (including phenoxy) is 2. The highest BCUT2D eigenvalue weighted by atomic mass is 31.2. The van der Waals surface area contributed by atoms with E-state index in [1.165, 1.54) is 77.0 Å². The van der Waals surface area contributed by atoms with Gasteiger partial charge in [-0.3, -0.25) is 13.8 Å². The van der Waals surface area contributed by atoms with E-state index < -0.39 is 13.9 Å². The van der Waals surface area contributed by atoms with E-state index in [9.17, 15) is 9.36 Å². The van der Waals surface area contributed by atoms with Gasteiger partial charge in [0.1, 0.15) is 6.10 Å². The van der Waals surface area contributed by atoms with Gasteiger partial charge in [0, 0.05) is 19.6 Å². The Morgan fingerprint density at radius 3 is 1.59 bits per heavy atom. The molecule has 1 saturated heterocycles. The Kier molecular flexibility index (Phi) is 33.5. The smallest absolute Gasteiger partial charge is 0.405 e. The van der Waals surface area contributed by atoms with Gasteiger partial charge in [0.25, 0.3) is 0 Å². The number of rotatable bonds is 35. The Morgan fingerprint density at radius 2 is 1.12 bits per heavy atom. The van der Waals surface area contributed by atoms with Gasteiger partial charge in [0.05, 0.1) is 19.8 Å². The van der Waals surface area contributed by atoms with E-state index in [2.05, 4.69) is 85.8 Å². The zero-order chi connectivity index (χ0) is 36.8. The lowest BCUT2D eigenvalue weighted by molar-refractivity contribution is -0.154. The first-order chi connectivity index (χ1) is 25.1. The quantitative estimate of drug-likeness (QED) is 0.0301. The lowest BCUT2D eigenvalue weighted by Gasteiger charge is -2.20. The molecule has 51 heavy (non-hydrogen) atoms. The topological polar surface area (TPSA) is 83.1 Å². The van der Waals surface area contributed by atoms with Crippen LogP contribution in [0.5, 0.6) is 0 Å². The van der Waals surface area contributed by atoms with Crippen molar-refractivity contribution in [1.82, 2.24) is 5.09 Å². The highest BCUT2D eigenvalue weighted by Gasteiger charge is 2.31. The fraction of sp³-hybridized carbons (Fsp3) is 0.698. The molecular formula is C43H74NO6P. The minimum Gasteiger partial charge on any atom is -0.457 e. The second kappa shape index (κ2) is 36.3. The van der Waals surface area contributed by atoms with Crippen LogP contribution in [0.15, 0.2) is 72.9 Å². The highest BCUT2D eigenvalue weighted by Crippen LogP contribution is 2.46. The summed E-state index contributed by atoms with van der Waals surface area (Å²) >= 11 is 0. The van der Waals surface area contributed by atoms with Crippen LogP contribution >= 0.6 is 7.75 Å². The fourth-order valence-electron chi connectivity index (χ4n) is 5.47. The maximum Gasteiger partial charge on any atom is 0.405 e. The first-order valence-electron chi connectivity index (χ1n) is 20.4. The summed E-state index contributed by atoms with van der Waals surface area (Å²) in [6.45, 7) is 6.02. The van der Waals surface area contributed by atoms with Crippen molar-refractivity contribution in [3.8, 4) is 0 Å². The van der Waals surface area contributed by atoms with Crippen LogP contribution in [0.4, 0.5) is 0 Å². The predicted molar refractivity (Wildman–Crippen MR) is 216 cm³/mol. The highest BCUT2D eigenvalue weighted by molar-refractivity contribution is 7.51. The zero-order valence-electron chi connectivity index (χ0n) is 32.5. The molecule has 2 atom stereocenters. The van der Waals surface area contributed by atoms with E-state index in [-0.39, 0.29) is 25.6 Å². The molecule has 1 aliphatic rings. The number of carbonyl (C=O) groups is 1. The van der Waals surface area contributed by atoms with Crippen molar-refractivity contribution >= 4 is 13.7 Å². The number of esters is 1. The summed E-state index contributed by atoms with van der Waals surface area (Å²) < 4.78 is 34.8. The summed E-state index contributed by atoms with van der Waals surface area (Å²) in [7, 11) is -3.33. The van der Waals surface area contributed by atoms with Crippen molar-refractivity contribution in [2.75, 3.05) is 33.0 Å². The Labute approximate surface area is 313 Å². The van der Waals surface area contributed by atoms with Crippen LogP contribution in [0.1, 0.15) is 155 Å². The molecule has 292 valence electrons. The predicted octanol–water partition coefficient (Wildman–Crippen LogP) is 12.6. The third-order valence-electron chi connectivity index (χ3n) is 8.45. The second-order valence-electron chi connectivity index (χ2n) is 13.3. The molecule has 1 N–H and O–H groups in total. The number of allylic oxidation sites excluding steroid dienone is 12. The van der Waals surface area contributed by atoms with Crippen molar-refractivity contribution < 1.29 is 27.9 Å².